The van der Waals surface area contributed by atoms with Gasteiger partial charge >= 0.3 is 26.2 Å². The third kappa shape index (κ3) is 10.1. The van der Waals surface area contributed by atoms with Crippen LogP contribution in [0.15, 0.2) is 0 Å². The SMILES string of the molecule is CC1CC(C)C(C)C1C.CCCC1C(C)CC(C)C1C.[CH3-].[CH3-].[CH3-].[CH3-].[Zr+4]. The van der Waals surface area contributed by atoms with Gasteiger partial charge in [0.15, 0.2) is 0 Å². The number of hydrogen-bond donors (Lipinski definition) is 0. The molecule has 0 heterocycles. The molecule has 0 aromatic rings. The zero-order valence-corrected chi connectivity index (χ0v) is 22.4. The molecule has 2 saturated carbocycles. The van der Waals surface area contributed by atoms with Gasteiger partial charge in [-0.15, -0.1) is 0 Å². The van der Waals surface area contributed by atoms with Crippen molar-refractivity contribution in [3.8, 4) is 0 Å². The molecule has 0 nitrogen and oxygen atoms in total. The van der Waals surface area contributed by atoms with Gasteiger partial charge < -0.3 is 29.7 Å². The van der Waals surface area contributed by atoms with Crippen molar-refractivity contribution in [1.82, 2.24) is 0 Å². The minimum atomic E-state index is 0. The van der Waals surface area contributed by atoms with Crippen LogP contribution < -0.4 is 0 Å². The maximum Gasteiger partial charge on any atom is 4.00 e. The fourth-order valence-electron chi connectivity index (χ4n) is 4.85. The van der Waals surface area contributed by atoms with Crippen LogP contribution in [0.1, 0.15) is 81.1 Å². The summed E-state index contributed by atoms with van der Waals surface area (Å²) < 4.78 is 0. The smallest absolute Gasteiger partial charge is 0.358 e. The molecule has 2 rings (SSSR count). The van der Waals surface area contributed by atoms with Crippen molar-refractivity contribution in [2.24, 2.45) is 47.3 Å². The molecule has 0 amide bonds. The molecule has 2 aliphatic carbocycles. The normalized spacial score (nSPS) is 38.4. The van der Waals surface area contributed by atoms with E-state index in [9.17, 15) is 0 Å². The first-order valence-electron chi connectivity index (χ1n) is 9.29. The molecule has 1 heteroatoms. The van der Waals surface area contributed by atoms with Gasteiger partial charge in [-0.3, -0.25) is 0 Å². The zero-order valence-electron chi connectivity index (χ0n) is 19.9. The van der Waals surface area contributed by atoms with E-state index in [4.69, 9.17) is 0 Å². The first-order valence-corrected chi connectivity index (χ1v) is 9.29. The van der Waals surface area contributed by atoms with Crippen LogP contribution in [0.5, 0.6) is 0 Å². The third-order valence-corrected chi connectivity index (χ3v) is 7.04. The minimum absolute atomic E-state index is 0. The van der Waals surface area contributed by atoms with Crippen molar-refractivity contribution in [2.75, 3.05) is 0 Å². The molecular formula is C24H52Zr. The van der Waals surface area contributed by atoms with Gasteiger partial charge in [-0.25, -0.2) is 0 Å². The van der Waals surface area contributed by atoms with Crippen molar-refractivity contribution < 1.29 is 26.2 Å². The van der Waals surface area contributed by atoms with Crippen molar-refractivity contribution in [3.05, 3.63) is 29.7 Å². The Labute approximate surface area is 183 Å². The molecule has 0 radical (unpaired) electrons. The average molecular weight is 432 g/mol. The summed E-state index contributed by atoms with van der Waals surface area (Å²) in [5.41, 5.74) is 0. The minimum Gasteiger partial charge on any atom is -0.358 e. The van der Waals surface area contributed by atoms with Crippen LogP contribution in [0.4, 0.5) is 0 Å². The monoisotopic (exact) mass is 430 g/mol. The molecule has 0 aromatic heterocycles. The van der Waals surface area contributed by atoms with Crippen LogP contribution in [0, 0.1) is 77.0 Å². The van der Waals surface area contributed by atoms with E-state index < -0.39 is 0 Å². The predicted molar refractivity (Wildman–Crippen MR) is 117 cm³/mol. The Morgan fingerprint density at radius 2 is 0.880 bits per heavy atom. The summed E-state index contributed by atoms with van der Waals surface area (Å²) >= 11 is 0. The van der Waals surface area contributed by atoms with Gasteiger partial charge in [0.1, 0.15) is 0 Å². The molecule has 152 valence electrons. The van der Waals surface area contributed by atoms with E-state index in [1.807, 2.05) is 0 Å². The summed E-state index contributed by atoms with van der Waals surface area (Å²) in [6.45, 7) is 19.1. The van der Waals surface area contributed by atoms with Gasteiger partial charge in [-0.1, -0.05) is 68.2 Å². The van der Waals surface area contributed by atoms with Crippen LogP contribution in [0.3, 0.4) is 0 Å². The Kier molecular flexibility index (Phi) is 25.0. The number of hydrogen-bond acceptors (Lipinski definition) is 0. The number of rotatable bonds is 2. The summed E-state index contributed by atoms with van der Waals surface area (Å²) in [4.78, 5) is 0. The molecule has 0 aliphatic heterocycles. The van der Waals surface area contributed by atoms with E-state index in [-0.39, 0.29) is 55.9 Å². The molecule has 2 fully saturated rings. The summed E-state index contributed by atoms with van der Waals surface area (Å²) in [6.07, 6.45) is 5.73. The Bertz CT molecular complexity index is 263. The van der Waals surface area contributed by atoms with Gasteiger partial charge in [-0.2, -0.15) is 0 Å². The standard InChI is InChI=1S/C11H22.C9H18.4CH3.Zr/c1-5-6-11-9(3)7-8(2)10(11)4;1-6-5-7(2)9(4)8(6)3;;;;;/h8-11H,5-7H2,1-4H3;6-9H,5H2,1-4H3;4*1H3;/q;;4*-1;+4. The first-order chi connectivity index (χ1) is 9.29. The van der Waals surface area contributed by atoms with Crippen LogP contribution >= 0.6 is 0 Å². The molecule has 0 spiro atoms. The summed E-state index contributed by atoms with van der Waals surface area (Å²) in [5, 5.41) is 0. The molecular weight excluding hydrogens is 379 g/mol. The fraction of sp³-hybridized carbons (Fsp3) is 0.833. The van der Waals surface area contributed by atoms with Gasteiger partial charge in [0.2, 0.25) is 0 Å². The molecule has 0 saturated heterocycles. The Morgan fingerprint density at radius 1 is 0.560 bits per heavy atom. The van der Waals surface area contributed by atoms with E-state index >= 15 is 0 Å². The third-order valence-electron chi connectivity index (χ3n) is 7.04. The molecule has 0 aromatic carbocycles. The summed E-state index contributed by atoms with van der Waals surface area (Å²) in [7, 11) is 0. The molecule has 0 bridgehead atoms. The molecule has 8 atom stereocenters. The molecule has 25 heavy (non-hydrogen) atoms. The van der Waals surface area contributed by atoms with Crippen LogP contribution in [0.2, 0.25) is 0 Å². The van der Waals surface area contributed by atoms with Gasteiger partial charge in [0.05, 0.1) is 0 Å². The maximum absolute atomic E-state index is 2.44. The van der Waals surface area contributed by atoms with Crippen LogP contribution in [-0.4, -0.2) is 0 Å². The molecule has 2 aliphatic rings. The van der Waals surface area contributed by atoms with E-state index in [0.29, 0.717) is 0 Å². The van der Waals surface area contributed by atoms with Crippen molar-refractivity contribution >= 4 is 0 Å². The van der Waals surface area contributed by atoms with Gasteiger partial charge in [0, 0.05) is 0 Å². The first kappa shape index (κ1) is 36.7. The second-order valence-corrected chi connectivity index (χ2v) is 8.41. The van der Waals surface area contributed by atoms with Gasteiger partial charge in [0.25, 0.3) is 0 Å². The average Bonchev–Trinajstić information content (AvgIpc) is 2.76. The topological polar surface area (TPSA) is 0 Å². The van der Waals surface area contributed by atoms with E-state index in [1.54, 1.807) is 0 Å². The van der Waals surface area contributed by atoms with Crippen LogP contribution in [-0.2, 0) is 26.2 Å². The Balaban J connectivity index is -0.0000000899. The van der Waals surface area contributed by atoms with E-state index in [1.165, 1.54) is 25.7 Å². The quantitative estimate of drug-likeness (QED) is 0.385. The molecule has 0 N–H and O–H groups in total. The van der Waals surface area contributed by atoms with Crippen molar-refractivity contribution in [2.45, 2.75) is 81.1 Å². The van der Waals surface area contributed by atoms with Crippen LogP contribution in [0.25, 0.3) is 0 Å². The predicted octanol–water partition coefficient (Wildman–Crippen LogP) is 8.45. The molecule has 8 unspecified atom stereocenters. The second-order valence-electron chi connectivity index (χ2n) is 8.41. The fourth-order valence-corrected chi connectivity index (χ4v) is 4.85. The van der Waals surface area contributed by atoms with E-state index in [0.717, 1.165) is 47.3 Å². The van der Waals surface area contributed by atoms with Crippen molar-refractivity contribution in [1.29, 1.82) is 0 Å². The summed E-state index contributed by atoms with van der Waals surface area (Å²) in [6, 6.07) is 0. The summed E-state index contributed by atoms with van der Waals surface area (Å²) in [5.74, 6) is 7.81. The largest absolute Gasteiger partial charge is 4.00 e. The Hall–Kier alpha value is 0.883. The van der Waals surface area contributed by atoms with Gasteiger partial charge in [-0.05, 0) is 60.2 Å². The van der Waals surface area contributed by atoms with Crippen molar-refractivity contribution in [3.63, 3.8) is 0 Å². The Morgan fingerprint density at radius 3 is 1.08 bits per heavy atom. The van der Waals surface area contributed by atoms with E-state index in [2.05, 4.69) is 55.4 Å². The maximum atomic E-state index is 2.44. The zero-order chi connectivity index (χ0) is 15.4. The second kappa shape index (κ2) is 17.0.